The molecule has 4 heteroatoms. The molecule has 3 unspecified atom stereocenters. The van der Waals surface area contributed by atoms with Crippen LogP contribution in [-0.4, -0.2) is 36.3 Å². The number of aromatic nitrogens is 1. The molecule has 1 aliphatic rings. The van der Waals surface area contributed by atoms with Crippen molar-refractivity contribution in [2.24, 2.45) is 5.92 Å². The Hall–Kier alpha value is -1.13. The highest BCUT2D eigenvalue weighted by atomic mass is 16.3. The topological polar surface area (TPSA) is 48.4 Å². The molecule has 3 atom stereocenters. The van der Waals surface area contributed by atoms with E-state index in [4.69, 9.17) is 0 Å². The lowest BCUT2D eigenvalue weighted by Gasteiger charge is -2.27. The van der Waals surface area contributed by atoms with Crippen molar-refractivity contribution in [3.63, 3.8) is 0 Å². The van der Waals surface area contributed by atoms with Gasteiger partial charge in [-0.2, -0.15) is 0 Å². The minimum atomic E-state index is 0.203. The van der Waals surface area contributed by atoms with Crippen LogP contribution in [0, 0.1) is 5.92 Å². The van der Waals surface area contributed by atoms with E-state index in [1.807, 2.05) is 19.3 Å². The van der Waals surface area contributed by atoms with Crippen molar-refractivity contribution in [1.29, 1.82) is 0 Å². The number of hydrogen-bond acceptors (Lipinski definition) is 4. The Morgan fingerprint density at radius 1 is 1.61 bits per heavy atom. The van der Waals surface area contributed by atoms with E-state index in [-0.39, 0.29) is 12.6 Å². The van der Waals surface area contributed by atoms with E-state index < -0.39 is 0 Å². The molecule has 100 valence electrons. The first-order chi connectivity index (χ1) is 8.67. The molecule has 0 amide bonds. The van der Waals surface area contributed by atoms with Crippen LogP contribution in [0.2, 0.25) is 0 Å². The molecule has 1 aliphatic heterocycles. The summed E-state index contributed by atoms with van der Waals surface area (Å²) in [5.41, 5.74) is 1.23. The Kier molecular flexibility index (Phi) is 4.19. The minimum absolute atomic E-state index is 0.203. The molecule has 1 saturated heterocycles. The average Bonchev–Trinajstić information content (AvgIpc) is 2.79. The molecule has 1 aromatic rings. The molecular weight excluding hydrogens is 226 g/mol. The number of hydrogen-bond donors (Lipinski definition) is 2. The maximum atomic E-state index is 9.51. The van der Waals surface area contributed by atoms with Gasteiger partial charge < -0.3 is 15.3 Å². The fourth-order valence-corrected chi connectivity index (χ4v) is 2.60. The quantitative estimate of drug-likeness (QED) is 0.850. The summed E-state index contributed by atoms with van der Waals surface area (Å²) in [5, 5.41) is 12.7. The molecule has 2 heterocycles. The zero-order valence-corrected chi connectivity index (χ0v) is 11.4. The van der Waals surface area contributed by atoms with Gasteiger partial charge in [0.15, 0.2) is 0 Å². The van der Waals surface area contributed by atoms with Crippen LogP contribution in [0.25, 0.3) is 0 Å². The number of aliphatic hydroxyl groups excluding tert-OH is 1. The third kappa shape index (κ3) is 2.49. The van der Waals surface area contributed by atoms with Gasteiger partial charge in [0.2, 0.25) is 0 Å². The van der Waals surface area contributed by atoms with Gasteiger partial charge in [-0.05, 0) is 44.0 Å². The Bertz CT molecular complexity index is 396. The van der Waals surface area contributed by atoms with Crippen LogP contribution >= 0.6 is 0 Å². The summed E-state index contributed by atoms with van der Waals surface area (Å²) in [6.07, 6.45) is 2.98. The van der Waals surface area contributed by atoms with Crippen molar-refractivity contribution in [3.8, 4) is 0 Å². The molecule has 1 aromatic heterocycles. The van der Waals surface area contributed by atoms with Crippen LogP contribution in [-0.2, 0) is 0 Å². The summed E-state index contributed by atoms with van der Waals surface area (Å²) >= 11 is 0. The number of nitrogens with zero attached hydrogens (tertiary/aromatic N) is 2. The fraction of sp³-hybridized carbons (Fsp3) is 0.643. The number of nitrogens with one attached hydrogen (secondary N) is 1. The van der Waals surface area contributed by atoms with Crippen molar-refractivity contribution < 1.29 is 5.11 Å². The van der Waals surface area contributed by atoms with Gasteiger partial charge in [-0.3, -0.25) is 0 Å². The molecular formula is C14H23N3O. The molecule has 0 aromatic carbocycles. The monoisotopic (exact) mass is 249 g/mol. The van der Waals surface area contributed by atoms with Crippen LogP contribution in [0.15, 0.2) is 18.3 Å². The summed E-state index contributed by atoms with van der Waals surface area (Å²) < 4.78 is 0. The Morgan fingerprint density at radius 3 is 3.06 bits per heavy atom. The van der Waals surface area contributed by atoms with E-state index in [1.165, 1.54) is 5.56 Å². The Labute approximate surface area is 109 Å². The molecule has 4 nitrogen and oxygen atoms in total. The smallest absolute Gasteiger partial charge is 0.129 e. The minimum Gasteiger partial charge on any atom is -0.394 e. The molecule has 0 radical (unpaired) electrons. The van der Waals surface area contributed by atoms with Gasteiger partial charge in [-0.25, -0.2) is 4.98 Å². The second-order valence-electron chi connectivity index (χ2n) is 5.17. The van der Waals surface area contributed by atoms with Gasteiger partial charge in [-0.1, -0.05) is 6.92 Å². The van der Waals surface area contributed by atoms with E-state index in [1.54, 1.807) is 0 Å². The summed E-state index contributed by atoms with van der Waals surface area (Å²) in [6.45, 7) is 5.52. The standard InChI is InChI=1S/C14H23N3O/c1-10-5-7-17(13(10)9-18)14-8-12(4-6-16-14)11(2)15-3/h4,6,8,10-11,13,15,18H,5,7,9H2,1-3H3. The first-order valence-corrected chi connectivity index (χ1v) is 6.68. The van der Waals surface area contributed by atoms with Gasteiger partial charge in [0.1, 0.15) is 5.82 Å². The highest BCUT2D eigenvalue weighted by molar-refractivity contribution is 5.44. The van der Waals surface area contributed by atoms with E-state index in [0.29, 0.717) is 12.0 Å². The summed E-state index contributed by atoms with van der Waals surface area (Å²) in [6, 6.07) is 4.69. The SMILES string of the molecule is CNC(C)c1ccnc(N2CCC(C)C2CO)c1. The van der Waals surface area contributed by atoms with Gasteiger partial charge in [0.25, 0.3) is 0 Å². The highest BCUT2D eigenvalue weighted by Crippen LogP contribution is 2.29. The molecule has 2 rings (SSSR count). The van der Waals surface area contributed by atoms with Crippen LogP contribution in [0.5, 0.6) is 0 Å². The maximum absolute atomic E-state index is 9.51. The first-order valence-electron chi connectivity index (χ1n) is 6.68. The first kappa shape index (κ1) is 13.3. The maximum Gasteiger partial charge on any atom is 0.129 e. The summed E-state index contributed by atoms with van der Waals surface area (Å²) in [7, 11) is 1.96. The van der Waals surface area contributed by atoms with Gasteiger partial charge in [0, 0.05) is 18.8 Å². The van der Waals surface area contributed by atoms with Crippen LogP contribution in [0.4, 0.5) is 5.82 Å². The number of aliphatic hydroxyl groups is 1. The second kappa shape index (κ2) is 5.67. The predicted octanol–water partition coefficient (Wildman–Crippen LogP) is 1.57. The summed E-state index contributed by atoms with van der Waals surface area (Å²) in [4.78, 5) is 6.69. The van der Waals surface area contributed by atoms with E-state index in [9.17, 15) is 5.11 Å². The van der Waals surface area contributed by atoms with Crippen molar-refractivity contribution in [2.75, 3.05) is 25.1 Å². The third-order valence-electron chi connectivity index (χ3n) is 4.07. The Morgan fingerprint density at radius 2 is 2.39 bits per heavy atom. The molecule has 2 N–H and O–H groups in total. The van der Waals surface area contributed by atoms with Crippen LogP contribution < -0.4 is 10.2 Å². The summed E-state index contributed by atoms with van der Waals surface area (Å²) in [5.74, 6) is 1.51. The number of pyridine rings is 1. The molecule has 0 aliphatic carbocycles. The molecule has 0 spiro atoms. The third-order valence-corrected chi connectivity index (χ3v) is 4.07. The average molecular weight is 249 g/mol. The van der Waals surface area contributed by atoms with Gasteiger partial charge in [-0.15, -0.1) is 0 Å². The van der Waals surface area contributed by atoms with E-state index in [0.717, 1.165) is 18.8 Å². The largest absolute Gasteiger partial charge is 0.394 e. The second-order valence-corrected chi connectivity index (χ2v) is 5.17. The van der Waals surface area contributed by atoms with Crippen molar-refractivity contribution >= 4 is 5.82 Å². The van der Waals surface area contributed by atoms with Crippen LogP contribution in [0.1, 0.15) is 31.9 Å². The van der Waals surface area contributed by atoms with Gasteiger partial charge >= 0.3 is 0 Å². The zero-order valence-electron chi connectivity index (χ0n) is 11.4. The Balaban J connectivity index is 2.23. The highest BCUT2D eigenvalue weighted by Gasteiger charge is 2.31. The van der Waals surface area contributed by atoms with E-state index >= 15 is 0 Å². The van der Waals surface area contributed by atoms with Crippen LogP contribution in [0.3, 0.4) is 0 Å². The molecule has 0 saturated carbocycles. The molecule has 0 bridgehead atoms. The number of rotatable bonds is 4. The lowest BCUT2D eigenvalue weighted by atomic mass is 10.0. The van der Waals surface area contributed by atoms with E-state index in [2.05, 4.69) is 35.1 Å². The number of anilines is 1. The van der Waals surface area contributed by atoms with Crippen molar-refractivity contribution in [1.82, 2.24) is 10.3 Å². The normalized spacial score (nSPS) is 25.4. The molecule has 1 fully saturated rings. The lowest BCUT2D eigenvalue weighted by molar-refractivity contribution is 0.244. The zero-order chi connectivity index (χ0) is 13.1. The van der Waals surface area contributed by atoms with Crippen molar-refractivity contribution in [2.45, 2.75) is 32.4 Å². The molecule has 18 heavy (non-hydrogen) atoms. The fourth-order valence-electron chi connectivity index (χ4n) is 2.60. The van der Waals surface area contributed by atoms with Crippen molar-refractivity contribution in [3.05, 3.63) is 23.9 Å². The lowest BCUT2D eigenvalue weighted by Crippen LogP contribution is -2.35. The predicted molar refractivity (Wildman–Crippen MR) is 73.7 cm³/mol. The van der Waals surface area contributed by atoms with Gasteiger partial charge in [0.05, 0.1) is 12.6 Å².